The van der Waals surface area contributed by atoms with Crippen molar-refractivity contribution in [2.45, 2.75) is 31.1 Å². The number of H-pyrrole nitrogens is 1. The molecule has 0 saturated heterocycles. The highest BCUT2D eigenvalue weighted by Gasteiger charge is 2.37. The fraction of sp³-hybridized carbons (Fsp3) is 0.333. The van der Waals surface area contributed by atoms with Crippen molar-refractivity contribution >= 4 is 16.7 Å². The Morgan fingerprint density at radius 3 is 2.60 bits per heavy atom. The minimum atomic E-state index is -0.262. The third kappa shape index (κ3) is 3.32. The van der Waals surface area contributed by atoms with Gasteiger partial charge in [-0.05, 0) is 48.1 Å². The van der Waals surface area contributed by atoms with Crippen LogP contribution in [-0.4, -0.2) is 30.6 Å². The molecule has 5 rings (SSSR count). The van der Waals surface area contributed by atoms with Gasteiger partial charge in [0.1, 0.15) is 18.9 Å². The molecule has 3 aromatic rings. The first kappa shape index (κ1) is 18.7. The minimum absolute atomic E-state index is 0.136. The number of amides is 1. The lowest BCUT2D eigenvalue weighted by molar-refractivity contribution is 0.0938. The van der Waals surface area contributed by atoms with Gasteiger partial charge in [-0.1, -0.05) is 37.1 Å². The quantitative estimate of drug-likeness (QED) is 0.697. The summed E-state index contributed by atoms with van der Waals surface area (Å²) < 4.78 is 11.4. The summed E-state index contributed by atoms with van der Waals surface area (Å²) in [6, 6.07) is 15.1. The van der Waals surface area contributed by atoms with Crippen LogP contribution in [0.5, 0.6) is 11.5 Å². The van der Waals surface area contributed by atoms with Crippen molar-refractivity contribution in [2.75, 3.05) is 19.8 Å². The van der Waals surface area contributed by atoms with E-state index < -0.39 is 0 Å². The summed E-state index contributed by atoms with van der Waals surface area (Å²) in [4.78, 5) is 27.9. The molecule has 2 aromatic carbocycles. The van der Waals surface area contributed by atoms with Crippen molar-refractivity contribution < 1.29 is 14.3 Å². The van der Waals surface area contributed by atoms with Gasteiger partial charge in [0.25, 0.3) is 11.5 Å². The summed E-state index contributed by atoms with van der Waals surface area (Å²) in [5.74, 6) is 1.29. The molecule has 0 bridgehead atoms. The lowest BCUT2D eigenvalue weighted by Crippen LogP contribution is -2.39. The van der Waals surface area contributed by atoms with Gasteiger partial charge in [0.2, 0.25) is 0 Å². The van der Waals surface area contributed by atoms with Crippen molar-refractivity contribution in [3.05, 3.63) is 70.1 Å². The van der Waals surface area contributed by atoms with E-state index in [1.165, 1.54) is 0 Å². The van der Waals surface area contributed by atoms with Gasteiger partial charge in [-0.15, -0.1) is 0 Å². The highest BCUT2D eigenvalue weighted by Crippen LogP contribution is 2.43. The second-order valence-electron chi connectivity index (χ2n) is 8.13. The standard InChI is InChI=1S/C24H24N2O4/c27-22-18-6-2-1-5-16(18)13-19(26-22)23(28)25-15-24(9-3-4-10-24)17-7-8-20-21(14-17)30-12-11-29-20/h1-2,5-8,13-14H,3-4,9-12,15H2,(H,25,28)(H,26,27). The molecule has 6 heteroatoms. The molecule has 2 aliphatic rings. The molecule has 1 aromatic heterocycles. The number of benzene rings is 2. The van der Waals surface area contributed by atoms with Gasteiger partial charge in [-0.25, -0.2) is 0 Å². The van der Waals surface area contributed by atoms with Crippen LogP contribution in [-0.2, 0) is 5.41 Å². The van der Waals surface area contributed by atoms with Crippen LogP contribution in [0.25, 0.3) is 10.8 Å². The van der Waals surface area contributed by atoms with Crippen LogP contribution in [0, 0.1) is 0 Å². The number of fused-ring (bicyclic) bond motifs is 2. The van der Waals surface area contributed by atoms with E-state index >= 15 is 0 Å². The van der Waals surface area contributed by atoms with Crippen molar-refractivity contribution in [2.24, 2.45) is 0 Å². The van der Waals surface area contributed by atoms with Crippen LogP contribution in [0.15, 0.2) is 53.3 Å². The molecule has 1 aliphatic carbocycles. The Labute approximate surface area is 174 Å². The number of aromatic amines is 1. The SMILES string of the molecule is O=C(NCC1(c2ccc3c(c2)OCCO3)CCCC1)c1cc2ccccc2c(=O)[nH]1. The Bertz CT molecular complexity index is 1160. The highest BCUT2D eigenvalue weighted by molar-refractivity contribution is 5.96. The van der Waals surface area contributed by atoms with Gasteiger partial charge in [-0.3, -0.25) is 9.59 Å². The number of carbonyl (C=O) groups is 1. The number of pyridine rings is 1. The second kappa shape index (κ2) is 7.52. The van der Waals surface area contributed by atoms with Crippen molar-refractivity contribution in [3.8, 4) is 11.5 Å². The Morgan fingerprint density at radius 1 is 1.00 bits per heavy atom. The lowest BCUT2D eigenvalue weighted by Gasteiger charge is -2.31. The summed E-state index contributed by atoms with van der Waals surface area (Å²) in [7, 11) is 0. The molecule has 30 heavy (non-hydrogen) atoms. The summed E-state index contributed by atoms with van der Waals surface area (Å²) in [6.07, 6.45) is 4.25. The Balaban J connectivity index is 1.39. The third-order valence-electron chi connectivity index (χ3n) is 6.30. The van der Waals surface area contributed by atoms with E-state index in [0.29, 0.717) is 25.1 Å². The van der Waals surface area contributed by atoms with Gasteiger partial charge in [0, 0.05) is 17.3 Å². The maximum Gasteiger partial charge on any atom is 0.267 e. The summed E-state index contributed by atoms with van der Waals surface area (Å²) in [5.41, 5.74) is 1.06. The average Bonchev–Trinajstić information content (AvgIpc) is 3.27. The summed E-state index contributed by atoms with van der Waals surface area (Å²) in [5, 5.41) is 4.41. The third-order valence-corrected chi connectivity index (χ3v) is 6.30. The van der Waals surface area contributed by atoms with Crippen LogP contribution >= 0.6 is 0 Å². The number of hydrogen-bond donors (Lipinski definition) is 2. The summed E-state index contributed by atoms with van der Waals surface area (Å²) in [6.45, 7) is 1.63. The molecule has 0 spiro atoms. The van der Waals surface area contributed by atoms with Crippen LogP contribution in [0.3, 0.4) is 0 Å². The second-order valence-corrected chi connectivity index (χ2v) is 8.13. The van der Waals surface area contributed by atoms with Crippen molar-refractivity contribution in [3.63, 3.8) is 0 Å². The molecule has 6 nitrogen and oxygen atoms in total. The first-order valence-corrected chi connectivity index (χ1v) is 10.5. The minimum Gasteiger partial charge on any atom is -0.486 e. The normalized spacial score (nSPS) is 17.1. The van der Waals surface area contributed by atoms with E-state index in [4.69, 9.17) is 9.47 Å². The monoisotopic (exact) mass is 404 g/mol. The molecular weight excluding hydrogens is 380 g/mol. The maximum absolute atomic E-state index is 12.9. The van der Waals surface area contributed by atoms with E-state index in [0.717, 1.165) is 48.1 Å². The largest absolute Gasteiger partial charge is 0.486 e. The molecule has 1 aliphatic heterocycles. The Hall–Kier alpha value is -3.28. The predicted octanol–water partition coefficient (Wildman–Crippen LogP) is 3.54. The van der Waals surface area contributed by atoms with Gasteiger partial charge in [0.05, 0.1) is 0 Å². The maximum atomic E-state index is 12.9. The first-order chi connectivity index (χ1) is 14.6. The zero-order valence-corrected chi connectivity index (χ0v) is 16.7. The molecule has 0 atom stereocenters. The number of aromatic nitrogens is 1. The molecular formula is C24H24N2O4. The smallest absolute Gasteiger partial charge is 0.267 e. The van der Waals surface area contributed by atoms with E-state index in [2.05, 4.69) is 22.4 Å². The van der Waals surface area contributed by atoms with Crippen LogP contribution in [0.4, 0.5) is 0 Å². The number of nitrogens with one attached hydrogen (secondary N) is 2. The fourth-order valence-electron chi connectivity index (χ4n) is 4.67. The topological polar surface area (TPSA) is 80.4 Å². The molecule has 154 valence electrons. The van der Waals surface area contributed by atoms with Gasteiger partial charge < -0.3 is 19.8 Å². The molecule has 2 heterocycles. The highest BCUT2D eigenvalue weighted by atomic mass is 16.6. The number of carbonyl (C=O) groups excluding carboxylic acids is 1. The number of rotatable bonds is 4. The predicted molar refractivity (Wildman–Crippen MR) is 114 cm³/mol. The van der Waals surface area contributed by atoms with Crippen LogP contribution in [0.1, 0.15) is 41.7 Å². The first-order valence-electron chi connectivity index (χ1n) is 10.5. The van der Waals surface area contributed by atoms with Crippen LogP contribution < -0.4 is 20.3 Å². The molecule has 0 radical (unpaired) electrons. The molecule has 0 unspecified atom stereocenters. The fourth-order valence-corrected chi connectivity index (χ4v) is 4.67. The Morgan fingerprint density at radius 2 is 1.77 bits per heavy atom. The zero-order chi connectivity index (χ0) is 20.6. The molecule has 2 N–H and O–H groups in total. The van der Waals surface area contributed by atoms with E-state index in [-0.39, 0.29) is 22.6 Å². The summed E-state index contributed by atoms with van der Waals surface area (Å²) >= 11 is 0. The lowest BCUT2D eigenvalue weighted by atomic mass is 9.78. The zero-order valence-electron chi connectivity index (χ0n) is 16.7. The molecule has 1 saturated carbocycles. The average molecular weight is 404 g/mol. The van der Waals surface area contributed by atoms with Gasteiger partial charge in [0.15, 0.2) is 11.5 Å². The number of ether oxygens (including phenoxy) is 2. The van der Waals surface area contributed by atoms with Gasteiger partial charge >= 0.3 is 0 Å². The number of hydrogen-bond acceptors (Lipinski definition) is 4. The Kier molecular flexibility index (Phi) is 4.69. The van der Waals surface area contributed by atoms with E-state index in [1.807, 2.05) is 24.3 Å². The van der Waals surface area contributed by atoms with Crippen molar-refractivity contribution in [1.82, 2.24) is 10.3 Å². The van der Waals surface area contributed by atoms with Gasteiger partial charge in [-0.2, -0.15) is 0 Å². The van der Waals surface area contributed by atoms with E-state index in [9.17, 15) is 9.59 Å². The molecule has 1 amide bonds. The van der Waals surface area contributed by atoms with Crippen LogP contribution in [0.2, 0.25) is 0 Å². The van der Waals surface area contributed by atoms with Crippen molar-refractivity contribution in [1.29, 1.82) is 0 Å². The van der Waals surface area contributed by atoms with E-state index in [1.54, 1.807) is 12.1 Å². The molecule has 1 fully saturated rings.